The Morgan fingerprint density at radius 2 is 1.80 bits per heavy atom. The number of ether oxygens (including phenoxy) is 1. The second kappa shape index (κ2) is 5.65. The smallest absolute Gasteiger partial charge is 0.122 e. The summed E-state index contributed by atoms with van der Waals surface area (Å²) in [5.74, 6) is 0.998. The van der Waals surface area contributed by atoms with Crippen LogP contribution in [0.5, 0.6) is 5.75 Å². The molecule has 0 fully saturated rings. The van der Waals surface area contributed by atoms with Gasteiger partial charge in [-0.2, -0.15) is 0 Å². The van der Waals surface area contributed by atoms with Crippen molar-refractivity contribution in [1.82, 2.24) is 5.32 Å². The van der Waals surface area contributed by atoms with Crippen molar-refractivity contribution in [3.05, 3.63) is 63.1 Å². The van der Waals surface area contributed by atoms with Gasteiger partial charge in [0.1, 0.15) is 5.75 Å². The molecule has 0 aliphatic carbocycles. The summed E-state index contributed by atoms with van der Waals surface area (Å²) in [6.45, 7) is 0.774. The van der Waals surface area contributed by atoms with Crippen LogP contribution in [-0.2, 0) is 6.42 Å². The fourth-order valence-electron chi connectivity index (χ4n) is 2.60. The lowest BCUT2D eigenvalue weighted by Gasteiger charge is -2.18. The Bertz CT molecular complexity index is 642. The van der Waals surface area contributed by atoms with Crippen LogP contribution in [0, 0.1) is 0 Å². The average molecular weight is 308 g/mol. The maximum absolute atomic E-state index is 6.12. The minimum atomic E-state index is 0.0932. The van der Waals surface area contributed by atoms with Crippen molar-refractivity contribution < 1.29 is 4.74 Å². The summed E-state index contributed by atoms with van der Waals surface area (Å²) < 4.78 is 5.55. The van der Waals surface area contributed by atoms with E-state index in [2.05, 4.69) is 17.4 Å². The predicted molar refractivity (Wildman–Crippen MR) is 83.0 cm³/mol. The highest BCUT2D eigenvalue weighted by Gasteiger charge is 2.17. The molecule has 0 aromatic heterocycles. The lowest BCUT2D eigenvalue weighted by Crippen LogP contribution is -2.17. The minimum Gasteiger partial charge on any atom is -0.493 e. The first-order valence-corrected chi connectivity index (χ1v) is 7.32. The van der Waals surface area contributed by atoms with Crippen LogP contribution in [0.15, 0.2) is 36.4 Å². The van der Waals surface area contributed by atoms with E-state index in [0.29, 0.717) is 10.0 Å². The van der Waals surface area contributed by atoms with Gasteiger partial charge < -0.3 is 10.1 Å². The molecule has 4 heteroatoms. The molecule has 1 atom stereocenters. The molecule has 0 radical (unpaired) electrons. The first kappa shape index (κ1) is 13.7. The van der Waals surface area contributed by atoms with Gasteiger partial charge in [0.25, 0.3) is 0 Å². The maximum Gasteiger partial charge on any atom is 0.122 e. The molecule has 104 valence electrons. The molecule has 1 aliphatic heterocycles. The molecule has 0 saturated heterocycles. The summed E-state index contributed by atoms with van der Waals surface area (Å²) in [5, 5.41) is 4.48. The highest BCUT2D eigenvalue weighted by atomic mass is 35.5. The third-order valence-corrected chi connectivity index (χ3v) is 4.35. The molecular weight excluding hydrogens is 293 g/mol. The average Bonchev–Trinajstić information content (AvgIpc) is 2.91. The molecule has 1 heterocycles. The Kier molecular flexibility index (Phi) is 3.88. The van der Waals surface area contributed by atoms with Crippen molar-refractivity contribution in [2.24, 2.45) is 0 Å². The van der Waals surface area contributed by atoms with E-state index in [1.165, 1.54) is 11.1 Å². The zero-order valence-electron chi connectivity index (χ0n) is 11.1. The van der Waals surface area contributed by atoms with E-state index in [-0.39, 0.29) is 6.04 Å². The molecule has 0 saturated carbocycles. The number of rotatable bonds is 3. The van der Waals surface area contributed by atoms with E-state index >= 15 is 0 Å². The molecule has 2 aromatic carbocycles. The minimum absolute atomic E-state index is 0.0932. The van der Waals surface area contributed by atoms with Gasteiger partial charge in [0.15, 0.2) is 0 Å². The Labute approximate surface area is 128 Å². The van der Waals surface area contributed by atoms with Crippen molar-refractivity contribution in [2.75, 3.05) is 13.7 Å². The first-order chi connectivity index (χ1) is 9.69. The molecule has 3 rings (SSSR count). The van der Waals surface area contributed by atoms with Gasteiger partial charge in [0.2, 0.25) is 0 Å². The zero-order valence-corrected chi connectivity index (χ0v) is 12.6. The second-order valence-corrected chi connectivity index (χ2v) is 5.68. The van der Waals surface area contributed by atoms with Crippen LogP contribution in [0.3, 0.4) is 0 Å². The number of hydrogen-bond acceptors (Lipinski definition) is 2. The molecule has 2 nitrogen and oxygen atoms in total. The lowest BCUT2D eigenvalue weighted by atomic mass is 9.96. The van der Waals surface area contributed by atoms with Crippen molar-refractivity contribution in [2.45, 2.75) is 12.5 Å². The topological polar surface area (TPSA) is 21.3 Å². The van der Waals surface area contributed by atoms with Crippen LogP contribution in [0.25, 0.3) is 0 Å². The summed E-state index contributed by atoms with van der Waals surface area (Å²) in [5.41, 5.74) is 3.57. The zero-order chi connectivity index (χ0) is 14.1. The van der Waals surface area contributed by atoms with Crippen molar-refractivity contribution in [1.29, 1.82) is 0 Å². The number of nitrogens with one attached hydrogen (secondary N) is 1. The first-order valence-electron chi connectivity index (χ1n) is 6.57. The standard InChI is InChI=1S/C16H15Cl2NO/c1-19-16(12-2-4-13(17)14(18)9-12)11-3-5-15-10(8-11)6-7-20-15/h2-5,8-9,16,19H,6-7H2,1H3. The molecule has 2 aromatic rings. The van der Waals surface area contributed by atoms with Gasteiger partial charge >= 0.3 is 0 Å². The monoisotopic (exact) mass is 307 g/mol. The van der Waals surface area contributed by atoms with E-state index in [0.717, 1.165) is 24.3 Å². The molecule has 1 N–H and O–H groups in total. The van der Waals surface area contributed by atoms with Gasteiger partial charge in [-0.1, -0.05) is 41.4 Å². The van der Waals surface area contributed by atoms with E-state index in [9.17, 15) is 0 Å². The Morgan fingerprint density at radius 3 is 2.55 bits per heavy atom. The third kappa shape index (κ3) is 2.51. The highest BCUT2D eigenvalue weighted by Crippen LogP contribution is 2.32. The van der Waals surface area contributed by atoms with Crippen LogP contribution in [0.4, 0.5) is 0 Å². The molecule has 0 spiro atoms. The molecule has 1 aliphatic rings. The number of benzene rings is 2. The molecule has 0 amide bonds. The lowest BCUT2D eigenvalue weighted by molar-refractivity contribution is 0.357. The Morgan fingerprint density at radius 1 is 1.05 bits per heavy atom. The fourth-order valence-corrected chi connectivity index (χ4v) is 2.91. The van der Waals surface area contributed by atoms with Gasteiger partial charge in [-0.3, -0.25) is 0 Å². The van der Waals surface area contributed by atoms with Gasteiger partial charge in [-0.05, 0) is 41.9 Å². The predicted octanol–water partition coefficient (Wildman–Crippen LogP) is 4.24. The van der Waals surface area contributed by atoms with E-state index in [4.69, 9.17) is 27.9 Å². The maximum atomic E-state index is 6.12. The number of fused-ring (bicyclic) bond motifs is 1. The summed E-state index contributed by atoms with van der Waals surface area (Å²) >= 11 is 12.1. The molecule has 0 bridgehead atoms. The summed E-state index contributed by atoms with van der Waals surface area (Å²) in [4.78, 5) is 0. The van der Waals surface area contributed by atoms with Crippen LogP contribution < -0.4 is 10.1 Å². The van der Waals surface area contributed by atoms with Crippen LogP contribution in [0.2, 0.25) is 10.0 Å². The number of halogens is 2. The van der Waals surface area contributed by atoms with Gasteiger partial charge in [-0.15, -0.1) is 0 Å². The normalized spacial score (nSPS) is 14.8. The van der Waals surface area contributed by atoms with E-state index < -0.39 is 0 Å². The fraction of sp³-hybridized carbons (Fsp3) is 0.250. The van der Waals surface area contributed by atoms with Crippen molar-refractivity contribution >= 4 is 23.2 Å². The van der Waals surface area contributed by atoms with Crippen LogP contribution in [-0.4, -0.2) is 13.7 Å². The Balaban J connectivity index is 1.98. The summed E-state index contributed by atoms with van der Waals surface area (Å²) in [6, 6.07) is 12.2. The Hall–Kier alpha value is -1.22. The molecular formula is C16H15Cl2NO. The SMILES string of the molecule is CNC(c1ccc(Cl)c(Cl)c1)c1ccc2c(c1)CCO2. The van der Waals surface area contributed by atoms with Gasteiger partial charge in [0.05, 0.1) is 22.7 Å². The summed E-state index contributed by atoms with van der Waals surface area (Å²) in [7, 11) is 1.94. The molecule has 20 heavy (non-hydrogen) atoms. The van der Waals surface area contributed by atoms with Crippen LogP contribution >= 0.6 is 23.2 Å². The quantitative estimate of drug-likeness (QED) is 0.916. The second-order valence-electron chi connectivity index (χ2n) is 4.86. The van der Waals surface area contributed by atoms with Crippen LogP contribution in [0.1, 0.15) is 22.7 Å². The van der Waals surface area contributed by atoms with Crippen molar-refractivity contribution in [3.8, 4) is 5.75 Å². The molecule has 1 unspecified atom stereocenters. The van der Waals surface area contributed by atoms with Crippen molar-refractivity contribution in [3.63, 3.8) is 0 Å². The van der Waals surface area contributed by atoms with E-state index in [1.807, 2.05) is 31.3 Å². The summed E-state index contributed by atoms with van der Waals surface area (Å²) in [6.07, 6.45) is 0.973. The van der Waals surface area contributed by atoms with Gasteiger partial charge in [0, 0.05) is 6.42 Å². The largest absolute Gasteiger partial charge is 0.493 e. The van der Waals surface area contributed by atoms with Gasteiger partial charge in [-0.25, -0.2) is 0 Å². The number of hydrogen-bond donors (Lipinski definition) is 1. The third-order valence-electron chi connectivity index (χ3n) is 3.61. The highest BCUT2D eigenvalue weighted by molar-refractivity contribution is 6.42. The van der Waals surface area contributed by atoms with E-state index in [1.54, 1.807) is 0 Å².